The van der Waals surface area contributed by atoms with E-state index in [4.69, 9.17) is 20.5 Å². The molecule has 0 bridgehead atoms. The molecule has 0 spiro atoms. The molecule has 0 aliphatic rings. The number of rotatable bonds is 8. The minimum Gasteiger partial charge on any atom is -0.493 e. The lowest BCUT2D eigenvalue weighted by molar-refractivity contribution is -0.124. The quantitative estimate of drug-likeness (QED) is 0.670. The number of nitrogens with zero attached hydrogens (tertiary/aromatic N) is 1. The second-order valence-electron chi connectivity index (χ2n) is 4.17. The standard InChI is InChI=1S/C14H17N3O4/c1-20-12-7-10(8-15)4-5-11(12)21-6-2-3-14(19)17-9-13(16)18/h4-5,7H,2-3,6,9H2,1H3,(H2,16,18)(H,17,19). The molecule has 3 N–H and O–H groups in total. The van der Waals surface area contributed by atoms with Crippen molar-refractivity contribution in [1.29, 1.82) is 5.26 Å². The number of ether oxygens (including phenoxy) is 2. The molecule has 1 aromatic rings. The first kappa shape index (κ1) is 16.3. The van der Waals surface area contributed by atoms with Gasteiger partial charge in [0.2, 0.25) is 11.8 Å². The largest absolute Gasteiger partial charge is 0.493 e. The van der Waals surface area contributed by atoms with E-state index in [1.807, 2.05) is 6.07 Å². The van der Waals surface area contributed by atoms with Gasteiger partial charge in [0.05, 0.1) is 31.9 Å². The van der Waals surface area contributed by atoms with Crippen molar-refractivity contribution < 1.29 is 19.1 Å². The van der Waals surface area contributed by atoms with Crippen LogP contribution < -0.4 is 20.5 Å². The van der Waals surface area contributed by atoms with Crippen molar-refractivity contribution in [3.63, 3.8) is 0 Å². The average Bonchev–Trinajstić information content (AvgIpc) is 2.49. The molecule has 1 aromatic carbocycles. The van der Waals surface area contributed by atoms with Crippen LogP contribution in [0.25, 0.3) is 0 Å². The van der Waals surface area contributed by atoms with Crippen molar-refractivity contribution in [3.8, 4) is 17.6 Å². The zero-order valence-electron chi connectivity index (χ0n) is 11.7. The summed E-state index contributed by atoms with van der Waals surface area (Å²) in [7, 11) is 1.49. The normalized spacial score (nSPS) is 9.52. The third kappa shape index (κ3) is 5.82. The van der Waals surface area contributed by atoms with Gasteiger partial charge in [-0.2, -0.15) is 5.26 Å². The summed E-state index contributed by atoms with van der Waals surface area (Å²) in [4.78, 5) is 21.8. The fourth-order valence-corrected chi connectivity index (χ4v) is 1.55. The molecular weight excluding hydrogens is 274 g/mol. The summed E-state index contributed by atoms with van der Waals surface area (Å²) < 4.78 is 10.6. The summed E-state index contributed by atoms with van der Waals surface area (Å²) in [6.45, 7) is 0.148. The van der Waals surface area contributed by atoms with E-state index in [9.17, 15) is 9.59 Å². The molecule has 7 nitrogen and oxygen atoms in total. The van der Waals surface area contributed by atoms with Gasteiger partial charge < -0.3 is 20.5 Å². The predicted molar refractivity (Wildman–Crippen MR) is 74.6 cm³/mol. The van der Waals surface area contributed by atoms with E-state index in [1.54, 1.807) is 18.2 Å². The second kappa shape index (κ2) is 8.43. The Bertz CT molecular complexity index is 552. The Hall–Kier alpha value is -2.75. The van der Waals surface area contributed by atoms with Gasteiger partial charge in [0, 0.05) is 12.5 Å². The molecule has 0 radical (unpaired) electrons. The molecule has 0 saturated heterocycles. The van der Waals surface area contributed by atoms with Gasteiger partial charge >= 0.3 is 0 Å². The van der Waals surface area contributed by atoms with Crippen LogP contribution in [0.15, 0.2) is 18.2 Å². The average molecular weight is 291 g/mol. The van der Waals surface area contributed by atoms with Gasteiger partial charge in [-0.1, -0.05) is 0 Å². The number of nitrogens with one attached hydrogen (secondary N) is 1. The van der Waals surface area contributed by atoms with Crippen LogP contribution in [0.5, 0.6) is 11.5 Å². The van der Waals surface area contributed by atoms with Gasteiger partial charge in [-0.25, -0.2) is 0 Å². The van der Waals surface area contributed by atoms with Crippen molar-refractivity contribution in [2.75, 3.05) is 20.3 Å². The van der Waals surface area contributed by atoms with Crippen molar-refractivity contribution in [2.45, 2.75) is 12.8 Å². The number of carbonyl (C=O) groups is 2. The van der Waals surface area contributed by atoms with Gasteiger partial charge in [-0.3, -0.25) is 9.59 Å². The smallest absolute Gasteiger partial charge is 0.236 e. The highest BCUT2D eigenvalue weighted by molar-refractivity contribution is 5.83. The Morgan fingerprint density at radius 3 is 2.76 bits per heavy atom. The van der Waals surface area contributed by atoms with Crippen molar-refractivity contribution in [3.05, 3.63) is 23.8 Å². The fourth-order valence-electron chi connectivity index (χ4n) is 1.55. The molecule has 7 heteroatoms. The minimum atomic E-state index is -0.582. The highest BCUT2D eigenvalue weighted by atomic mass is 16.5. The van der Waals surface area contributed by atoms with Crippen molar-refractivity contribution >= 4 is 11.8 Å². The van der Waals surface area contributed by atoms with E-state index in [2.05, 4.69) is 5.32 Å². The number of nitriles is 1. The fraction of sp³-hybridized carbons (Fsp3) is 0.357. The number of hydrogen-bond acceptors (Lipinski definition) is 5. The maximum Gasteiger partial charge on any atom is 0.236 e. The molecule has 0 unspecified atom stereocenters. The summed E-state index contributed by atoms with van der Waals surface area (Å²) in [6, 6.07) is 6.85. The van der Waals surface area contributed by atoms with E-state index < -0.39 is 5.91 Å². The number of methoxy groups -OCH3 is 1. The van der Waals surface area contributed by atoms with Crippen LogP contribution in [0.3, 0.4) is 0 Å². The third-order valence-corrected chi connectivity index (χ3v) is 2.56. The maximum atomic E-state index is 11.3. The molecule has 2 amide bonds. The molecule has 0 aliphatic heterocycles. The lowest BCUT2D eigenvalue weighted by Gasteiger charge is -2.10. The Morgan fingerprint density at radius 1 is 1.38 bits per heavy atom. The molecule has 0 heterocycles. The van der Waals surface area contributed by atoms with Crippen LogP contribution in [-0.2, 0) is 9.59 Å². The Kier molecular flexibility index (Phi) is 6.54. The lowest BCUT2D eigenvalue weighted by Crippen LogP contribution is -2.33. The third-order valence-electron chi connectivity index (χ3n) is 2.56. The highest BCUT2D eigenvalue weighted by Gasteiger charge is 2.07. The topological polar surface area (TPSA) is 114 Å². The summed E-state index contributed by atoms with van der Waals surface area (Å²) in [5, 5.41) is 11.2. The lowest BCUT2D eigenvalue weighted by atomic mass is 10.2. The van der Waals surface area contributed by atoms with Crippen LogP contribution >= 0.6 is 0 Å². The van der Waals surface area contributed by atoms with Crippen LogP contribution in [0.1, 0.15) is 18.4 Å². The highest BCUT2D eigenvalue weighted by Crippen LogP contribution is 2.27. The van der Waals surface area contributed by atoms with E-state index >= 15 is 0 Å². The first-order valence-electron chi connectivity index (χ1n) is 6.32. The van der Waals surface area contributed by atoms with Crippen LogP contribution in [0.4, 0.5) is 0 Å². The summed E-state index contributed by atoms with van der Waals surface area (Å²) in [5.74, 6) is 0.132. The molecule has 112 valence electrons. The number of carbonyl (C=O) groups excluding carboxylic acids is 2. The van der Waals surface area contributed by atoms with Crippen LogP contribution in [-0.4, -0.2) is 32.1 Å². The number of amides is 2. The number of benzene rings is 1. The van der Waals surface area contributed by atoms with Crippen LogP contribution in [0, 0.1) is 11.3 Å². The van der Waals surface area contributed by atoms with Crippen LogP contribution in [0.2, 0.25) is 0 Å². The predicted octanol–water partition coefficient (Wildman–Crippen LogP) is 0.327. The van der Waals surface area contributed by atoms with E-state index in [0.717, 1.165) is 0 Å². The van der Waals surface area contributed by atoms with Gasteiger partial charge in [-0.15, -0.1) is 0 Å². The van der Waals surface area contributed by atoms with Gasteiger partial charge in [0.15, 0.2) is 11.5 Å². The zero-order chi connectivity index (χ0) is 15.7. The summed E-state index contributed by atoms with van der Waals surface area (Å²) >= 11 is 0. The van der Waals surface area contributed by atoms with E-state index in [1.165, 1.54) is 7.11 Å². The number of primary amides is 1. The molecule has 0 saturated carbocycles. The number of hydrogen-bond donors (Lipinski definition) is 2. The number of nitrogens with two attached hydrogens (primary N) is 1. The minimum absolute atomic E-state index is 0.164. The molecule has 1 rings (SSSR count). The summed E-state index contributed by atoms with van der Waals surface area (Å²) in [6.07, 6.45) is 0.708. The molecule has 21 heavy (non-hydrogen) atoms. The van der Waals surface area contributed by atoms with Gasteiger partial charge in [0.1, 0.15) is 0 Å². The van der Waals surface area contributed by atoms with Gasteiger partial charge in [0.25, 0.3) is 0 Å². The van der Waals surface area contributed by atoms with E-state index in [-0.39, 0.29) is 18.9 Å². The zero-order valence-corrected chi connectivity index (χ0v) is 11.7. The SMILES string of the molecule is COc1cc(C#N)ccc1OCCCC(=O)NCC(N)=O. The summed E-state index contributed by atoms with van der Waals surface area (Å²) in [5.41, 5.74) is 5.39. The first-order chi connectivity index (χ1) is 10.1. The molecule has 0 aliphatic carbocycles. The molecule has 0 atom stereocenters. The van der Waals surface area contributed by atoms with Crippen molar-refractivity contribution in [2.24, 2.45) is 5.73 Å². The Morgan fingerprint density at radius 2 is 2.14 bits per heavy atom. The Labute approximate surface area is 122 Å². The maximum absolute atomic E-state index is 11.3. The first-order valence-corrected chi connectivity index (χ1v) is 6.32. The van der Waals surface area contributed by atoms with Gasteiger partial charge in [-0.05, 0) is 18.6 Å². The Balaban J connectivity index is 2.37. The second-order valence-corrected chi connectivity index (χ2v) is 4.17. The van der Waals surface area contributed by atoms with Crippen molar-refractivity contribution in [1.82, 2.24) is 5.32 Å². The van der Waals surface area contributed by atoms with E-state index in [0.29, 0.717) is 30.1 Å². The molecule has 0 fully saturated rings. The molecule has 0 aromatic heterocycles. The monoisotopic (exact) mass is 291 g/mol. The molecular formula is C14H17N3O4.